The molecule has 1 aromatic rings. The molecule has 1 aliphatic heterocycles. The summed E-state index contributed by atoms with van der Waals surface area (Å²) >= 11 is 0. The summed E-state index contributed by atoms with van der Waals surface area (Å²) in [5.74, 6) is 0.873. The van der Waals surface area contributed by atoms with E-state index in [9.17, 15) is 0 Å². The summed E-state index contributed by atoms with van der Waals surface area (Å²) in [6.07, 6.45) is 1.81. The zero-order chi connectivity index (χ0) is 15.4. The highest BCUT2D eigenvalue weighted by atomic mass is 16.7. The summed E-state index contributed by atoms with van der Waals surface area (Å²) in [5.41, 5.74) is 0.339. The molecule has 1 saturated heterocycles. The van der Waals surface area contributed by atoms with Gasteiger partial charge in [-0.15, -0.1) is 0 Å². The van der Waals surface area contributed by atoms with Crippen LogP contribution in [0.1, 0.15) is 48.5 Å². The Morgan fingerprint density at radius 1 is 1.10 bits per heavy atom. The Balaban J connectivity index is 0.000000956. The van der Waals surface area contributed by atoms with Gasteiger partial charge in [-0.25, -0.2) is 4.98 Å². The van der Waals surface area contributed by atoms with Crippen molar-refractivity contribution in [2.75, 3.05) is 11.9 Å². The van der Waals surface area contributed by atoms with Crippen molar-refractivity contribution in [1.82, 2.24) is 4.98 Å². The predicted molar refractivity (Wildman–Crippen MR) is 85.5 cm³/mol. The molecule has 112 valence electrons. The molecule has 0 amide bonds. The highest BCUT2D eigenvalue weighted by molar-refractivity contribution is 6.62. The predicted octanol–water partition coefficient (Wildman–Crippen LogP) is 2.84. The van der Waals surface area contributed by atoms with Gasteiger partial charge in [0, 0.05) is 18.2 Å². The first-order valence-corrected chi connectivity index (χ1v) is 7.41. The van der Waals surface area contributed by atoms with E-state index in [0.29, 0.717) is 0 Å². The normalized spacial score (nSPS) is 19.2. The van der Waals surface area contributed by atoms with Crippen molar-refractivity contribution in [3.63, 3.8) is 0 Å². The molecule has 0 radical (unpaired) electrons. The lowest BCUT2D eigenvalue weighted by Gasteiger charge is -2.32. The Kier molecular flexibility index (Phi) is 5.60. The molecule has 5 heteroatoms. The van der Waals surface area contributed by atoms with Crippen molar-refractivity contribution in [3.05, 3.63) is 18.3 Å². The maximum atomic E-state index is 5.97. The van der Waals surface area contributed by atoms with Crippen LogP contribution < -0.4 is 10.8 Å². The quantitative estimate of drug-likeness (QED) is 0.863. The summed E-state index contributed by atoms with van der Waals surface area (Å²) in [6.45, 7) is 15.1. The lowest BCUT2D eigenvalue weighted by molar-refractivity contribution is 0.00578. The summed E-state index contributed by atoms with van der Waals surface area (Å²) in [7, 11) is -0.335. The number of rotatable bonds is 3. The van der Waals surface area contributed by atoms with E-state index in [4.69, 9.17) is 9.31 Å². The average molecular weight is 278 g/mol. The number of anilines is 1. The second-order valence-electron chi connectivity index (χ2n) is 5.60. The molecule has 1 N–H and O–H groups in total. The molecule has 4 nitrogen and oxygen atoms in total. The van der Waals surface area contributed by atoms with Crippen molar-refractivity contribution in [3.8, 4) is 0 Å². The van der Waals surface area contributed by atoms with Gasteiger partial charge < -0.3 is 14.6 Å². The Bertz CT molecular complexity index is 402. The highest BCUT2D eigenvalue weighted by Crippen LogP contribution is 2.36. The van der Waals surface area contributed by atoms with Gasteiger partial charge in [-0.3, -0.25) is 0 Å². The largest absolute Gasteiger partial charge is 0.496 e. The van der Waals surface area contributed by atoms with Crippen LogP contribution in [0.25, 0.3) is 0 Å². The minimum Gasteiger partial charge on any atom is -0.399 e. The smallest absolute Gasteiger partial charge is 0.399 e. The second kappa shape index (κ2) is 6.59. The van der Waals surface area contributed by atoms with Crippen LogP contribution in [-0.2, 0) is 9.31 Å². The van der Waals surface area contributed by atoms with Crippen LogP contribution in [0.2, 0.25) is 0 Å². The Labute approximate surface area is 123 Å². The van der Waals surface area contributed by atoms with Gasteiger partial charge in [-0.1, -0.05) is 19.9 Å². The summed E-state index contributed by atoms with van der Waals surface area (Å²) in [6, 6.07) is 3.94. The summed E-state index contributed by atoms with van der Waals surface area (Å²) in [5, 5.41) is 3.17. The fourth-order valence-corrected chi connectivity index (χ4v) is 1.81. The average Bonchev–Trinajstić information content (AvgIpc) is 2.62. The third-order valence-electron chi connectivity index (χ3n) is 3.67. The fraction of sp³-hybridized carbons (Fsp3) is 0.667. The Hall–Kier alpha value is -1.07. The van der Waals surface area contributed by atoms with Crippen molar-refractivity contribution < 1.29 is 9.31 Å². The molecule has 0 unspecified atom stereocenters. The van der Waals surface area contributed by atoms with Gasteiger partial charge in [-0.05, 0) is 40.7 Å². The maximum Gasteiger partial charge on any atom is 0.496 e. The van der Waals surface area contributed by atoms with E-state index in [0.717, 1.165) is 17.8 Å². The van der Waals surface area contributed by atoms with E-state index in [1.807, 2.05) is 60.6 Å². The van der Waals surface area contributed by atoms with Gasteiger partial charge in [0.1, 0.15) is 5.82 Å². The highest BCUT2D eigenvalue weighted by Gasteiger charge is 2.51. The van der Waals surface area contributed by atoms with Crippen molar-refractivity contribution >= 4 is 18.4 Å². The summed E-state index contributed by atoms with van der Waals surface area (Å²) in [4.78, 5) is 4.34. The number of pyridine rings is 1. The number of hydrogen-bond donors (Lipinski definition) is 1. The van der Waals surface area contributed by atoms with E-state index in [-0.39, 0.29) is 18.3 Å². The standard InChI is InChI=1S/C13H21BN2O2.C2H6/c1-6-15-11-8-7-10(9-16-11)14-17-12(2,3)13(4,5)18-14;1-2/h7-9H,6H2,1-5H3,(H,15,16);1-2H3. The molecule has 0 bridgehead atoms. The third-order valence-corrected chi connectivity index (χ3v) is 3.67. The van der Waals surface area contributed by atoms with Crippen LogP contribution in [0.4, 0.5) is 5.82 Å². The molecule has 1 fully saturated rings. The molecule has 0 atom stereocenters. The first-order chi connectivity index (χ1) is 9.36. The second-order valence-corrected chi connectivity index (χ2v) is 5.60. The lowest BCUT2D eigenvalue weighted by Crippen LogP contribution is -2.41. The Morgan fingerprint density at radius 2 is 1.65 bits per heavy atom. The molecule has 0 aromatic carbocycles. The molecular formula is C15H27BN2O2. The van der Waals surface area contributed by atoms with Gasteiger partial charge in [0.15, 0.2) is 0 Å². The monoisotopic (exact) mass is 278 g/mol. The molecule has 2 heterocycles. The SMILES string of the molecule is CC.CCNc1ccc(B2OC(C)(C)C(C)(C)O2)cn1. The number of aromatic nitrogens is 1. The zero-order valence-electron chi connectivity index (χ0n) is 13.8. The zero-order valence-corrected chi connectivity index (χ0v) is 13.8. The van der Waals surface area contributed by atoms with Crippen LogP contribution in [0.3, 0.4) is 0 Å². The molecule has 20 heavy (non-hydrogen) atoms. The van der Waals surface area contributed by atoms with Crippen molar-refractivity contribution in [2.24, 2.45) is 0 Å². The third kappa shape index (κ3) is 3.52. The fourth-order valence-electron chi connectivity index (χ4n) is 1.81. The molecule has 0 aliphatic carbocycles. The van der Waals surface area contributed by atoms with Crippen LogP contribution in [-0.4, -0.2) is 29.8 Å². The minimum absolute atomic E-state index is 0.308. The Morgan fingerprint density at radius 3 is 2.05 bits per heavy atom. The molecule has 2 rings (SSSR count). The van der Waals surface area contributed by atoms with Gasteiger partial charge in [0.25, 0.3) is 0 Å². The first-order valence-electron chi connectivity index (χ1n) is 7.41. The minimum atomic E-state index is -0.335. The number of nitrogens with one attached hydrogen (secondary N) is 1. The van der Waals surface area contributed by atoms with Crippen LogP contribution in [0.5, 0.6) is 0 Å². The van der Waals surface area contributed by atoms with Gasteiger partial charge >= 0.3 is 7.12 Å². The van der Waals surface area contributed by atoms with Crippen LogP contribution in [0.15, 0.2) is 18.3 Å². The molecule has 0 spiro atoms. The van der Waals surface area contributed by atoms with Crippen molar-refractivity contribution in [1.29, 1.82) is 0 Å². The molecule has 0 saturated carbocycles. The van der Waals surface area contributed by atoms with E-state index in [1.54, 1.807) is 6.20 Å². The van der Waals surface area contributed by atoms with Crippen LogP contribution in [0, 0.1) is 0 Å². The van der Waals surface area contributed by atoms with Gasteiger partial charge in [0.2, 0.25) is 0 Å². The number of hydrogen-bond acceptors (Lipinski definition) is 4. The van der Waals surface area contributed by atoms with E-state index in [2.05, 4.69) is 10.3 Å². The molecule has 1 aromatic heterocycles. The van der Waals surface area contributed by atoms with Crippen molar-refractivity contribution in [2.45, 2.75) is 59.7 Å². The van der Waals surface area contributed by atoms with E-state index >= 15 is 0 Å². The van der Waals surface area contributed by atoms with E-state index in [1.165, 1.54) is 0 Å². The van der Waals surface area contributed by atoms with Gasteiger partial charge in [0.05, 0.1) is 11.2 Å². The maximum absolute atomic E-state index is 5.97. The lowest BCUT2D eigenvalue weighted by atomic mass is 9.80. The van der Waals surface area contributed by atoms with E-state index < -0.39 is 0 Å². The topological polar surface area (TPSA) is 43.4 Å². The molecular weight excluding hydrogens is 251 g/mol. The molecule has 1 aliphatic rings. The summed E-state index contributed by atoms with van der Waals surface area (Å²) < 4.78 is 11.9. The first kappa shape index (κ1) is 17.0. The number of nitrogens with zero attached hydrogens (tertiary/aromatic N) is 1. The van der Waals surface area contributed by atoms with Gasteiger partial charge in [-0.2, -0.15) is 0 Å². The van der Waals surface area contributed by atoms with Crippen LogP contribution >= 0.6 is 0 Å².